The maximum Gasteiger partial charge on any atom is 0.329 e. The number of ether oxygens (including phenoxy) is 1. The van der Waals surface area contributed by atoms with E-state index in [1.165, 1.54) is 6.92 Å². The topological polar surface area (TPSA) is 92.8 Å². The lowest BCUT2D eigenvalue weighted by atomic mass is 9.81. The molecule has 1 aromatic carbocycles. The van der Waals surface area contributed by atoms with Gasteiger partial charge in [-0.25, -0.2) is 4.79 Å². The standard InChI is InChI=1S/C22H26N2O5/c1-11-4-7-16(8-12(11)2)23-17(25)10-29-22(28)13(3)24-20(26)18-14-5-6-15(9-14)19(18)21(24)27/h4,7-8,13-15,18-19H,5-6,9-10H2,1-3H3,(H,23,25)/t13-,14-,15+,18+,19+/m1/s1. The van der Waals surface area contributed by atoms with Crippen LogP contribution < -0.4 is 5.32 Å². The van der Waals surface area contributed by atoms with Gasteiger partial charge in [0, 0.05) is 5.69 Å². The first-order valence-corrected chi connectivity index (χ1v) is 10.2. The number of nitrogens with one attached hydrogen (secondary N) is 1. The van der Waals surface area contributed by atoms with Gasteiger partial charge < -0.3 is 10.1 Å². The Balaban J connectivity index is 1.34. The molecule has 1 saturated heterocycles. The van der Waals surface area contributed by atoms with Crippen molar-refractivity contribution < 1.29 is 23.9 Å². The van der Waals surface area contributed by atoms with Gasteiger partial charge in [0.25, 0.3) is 5.91 Å². The van der Waals surface area contributed by atoms with Crippen molar-refractivity contribution in [3.05, 3.63) is 29.3 Å². The van der Waals surface area contributed by atoms with Gasteiger partial charge in [-0.15, -0.1) is 0 Å². The Bertz CT molecular complexity index is 867. The van der Waals surface area contributed by atoms with Gasteiger partial charge in [-0.1, -0.05) is 6.07 Å². The number of imide groups is 1. The summed E-state index contributed by atoms with van der Waals surface area (Å²) in [7, 11) is 0. The molecule has 0 spiro atoms. The van der Waals surface area contributed by atoms with Crippen molar-refractivity contribution in [2.24, 2.45) is 23.7 Å². The highest BCUT2D eigenvalue weighted by Crippen LogP contribution is 2.56. The van der Waals surface area contributed by atoms with E-state index in [0.717, 1.165) is 35.3 Å². The second-order valence-corrected chi connectivity index (χ2v) is 8.56. The van der Waals surface area contributed by atoms with Gasteiger partial charge in [0.15, 0.2) is 6.61 Å². The highest BCUT2D eigenvalue weighted by Gasteiger charge is 2.62. The minimum absolute atomic E-state index is 0.253. The minimum Gasteiger partial charge on any atom is -0.454 e. The second kappa shape index (κ2) is 7.28. The summed E-state index contributed by atoms with van der Waals surface area (Å²) in [5.74, 6) is -1.74. The Kier molecular flexibility index (Phi) is 4.92. The van der Waals surface area contributed by atoms with Crippen LogP contribution in [0, 0.1) is 37.5 Å². The molecule has 0 radical (unpaired) electrons. The normalized spacial score (nSPS) is 28.4. The summed E-state index contributed by atoms with van der Waals surface area (Å²) in [5.41, 5.74) is 2.77. The van der Waals surface area contributed by atoms with Crippen LogP contribution in [0.2, 0.25) is 0 Å². The Morgan fingerprint density at radius 3 is 2.31 bits per heavy atom. The number of hydrogen-bond acceptors (Lipinski definition) is 5. The van der Waals surface area contributed by atoms with Gasteiger partial charge in [0.05, 0.1) is 11.8 Å². The van der Waals surface area contributed by atoms with Gasteiger partial charge in [-0.3, -0.25) is 19.3 Å². The molecule has 4 rings (SSSR count). The van der Waals surface area contributed by atoms with E-state index in [1.807, 2.05) is 26.0 Å². The number of fused-ring (bicyclic) bond motifs is 5. The van der Waals surface area contributed by atoms with Gasteiger partial charge in [0.1, 0.15) is 6.04 Å². The van der Waals surface area contributed by atoms with Crippen LogP contribution in [0.15, 0.2) is 18.2 Å². The number of carbonyl (C=O) groups is 4. The van der Waals surface area contributed by atoms with Gasteiger partial charge in [0.2, 0.25) is 11.8 Å². The van der Waals surface area contributed by atoms with Gasteiger partial charge >= 0.3 is 5.97 Å². The highest BCUT2D eigenvalue weighted by atomic mass is 16.5. The predicted octanol–water partition coefficient (Wildman–Crippen LogP) is 2.20. The maximum atomic E-state index is 12.8. The second-order valence-electron chi connectivity index (χ2n) is 8.56. The number of anilines is 1. The van der Waals surface area contributed by atoms with Gasteiger partial charge in [-0.05, 0) is 75.1 Å². The zero-order chi connectivity index (χ0) is 20.9. The predicted molar refractivity (Wildman–Crippen MR) is 105 cm³/mol. The number of benzene rings is 1. The molecule has 2 bridgehead atoms. The number of likely N-dealkylation sites (tertiary alicyclic amines) is 1. The first-order valence-electron chi connectivity index (χ1n) is 10.2. The van der Waals surface area contributed by atoms with E-state index < -0.39 is 24.5 Å². The number of amides is 3. The summed E-state index contributed by atoms with van der Waals surface area (Å²) in [6.07, 6.45) is 2.91. The third kappa shape index (κ3) is 3.32. The molecule has 1 aromatic rings. The molecule has 154 valence electrons. The van der Waals surface area contributed by atoms with E-state index in [2.05, 4.69) is 5.32 Å². The fourth-order valence-electron chi connectivity index (χ4n) is 5.19. The average Bonchev–Trinajstić information content (AvgIpc) is 3.36. The lowest BCUT2D eigenvalue weighted by Gasteiger charge is -2.23. The van der Waals surface area contributed by atoms with Crippen molar-refractivity contribution in [1.29, 1.82) is 0 Å². The zero-order valence-electron chi connectivity index (χ0n) is 16.9. The van der Waals surface area contributed by atoms with E-state index >= 15 is 0 Å². The smallest absolute Gasteiger partial charge is 0.329 e. The molecule has 29 heavy (non-hydrogen) atoms. The molecule has 0 unspecified atom stereocenters. The van der Waals surface area contributed by atoms with Crippen LogP contribution in [0.3, 0.4) is 0 Å². The van der Waals surface area contributed by atoms with E-state index in [0.29, 0.717) is 5.69 Å². The van der Waals surface area contributed by atoms with E-state index in [-0.39, 0.29) is 35.5 Å². The molecular weight excluding hydrogens is 372 g/mol. The van der Waals surface area contributed by atoms with E-state index in [1.54, 1.807) is 6.07 Å². The number of esters is 1. The molecule has 2 aliphatic carbocycles. The number of aryl methyl sites for hydroxylation is 2. The summed E-state index contributed by atoms with van der Waals surface area (Å²) in [6, 6.07) is 4.49. The lowest BCUT2D eigenvalue weighted by molar-refractivity contribution is -0.159. The molecule has 1 aliphatic heterocycles. The Hall–Kier alpha value is -2.70. The van der Waals surface area contributed by atoms with Crippen molar-refractivity contribution in [3.8, 4) is 0 Å². The fraction of sp³-hybridized carbons (Fsp3) is 0.545. The molecule has 3 aliphatic rings. The largest absolute Gasteiger partial charge is 0.454 e. The zero-order valence-corrected chi connectivity index (χ0v) is 16.9. The first-order chi connectivity index (χ1) is 13.8. The Morgan fingerprint density at radius 2 is 1.72 bits per heavy atom. The maximum absolute atomic E-state index is 12.8. The number of carbonyl (C=O) groups excluding carboxylic acids is 4. The van der Waals surface area contributed by atoms with Crippen molar-refractivity contribution in [1.82, 2.24) is 4.90 Å². The van der Waals surface area contributed by atoms with Crippen molar-refractivity contribution in [2.75, 3.05) is 11.9 Å². The van der Waals surface area contributed by atoms with Gasteiger partial charge in [-0.2, -0.15) is 0 Å². The summed E-state index contributed by atoms with van der Waals surface area (Å²) in [5, 5.41) is 2.68. The van der Waals surface area contributed by atoms with Crippen LogP contribution in [-0.4, -0.2) is 41.2 Å². The Morgan fingerprint density at radius 1 is 1.10 bits per heavy atom. The third-order valence-electron chi connectivity index (χ3n) is 6.83. The number of nitrogens with zero attached hydrogens (tertiary/aromatic N) is 1. The van der Waals surface area contributed by atoms with Crippen LogP contribution in [-0.2, 0) is 23.9 Å². The molecular formula is C22H26N2O5. The summed E-state index contributed by atoms with van der Waals surface area (Å²) < 4.78 is 5.10. The fourth-order valence-corrected chi connectivity index (χ4v) is 5.19. The highest BCUT2D eigenvalue weighted by molar-refractivity contribution is 6.08. The summed E-state index contributed by atoms with van der Waals surface area (Å²) in [4.78, 5) is 51.2. The molecule has 2 saturated carbocycles. The molecule has 1 heterocycles. The molecule has 5 atom stereocenters. The summed E-state index contributed by atoms with van der Waals surface area (Å²) in [6.45, 7) is 4.94. The van der Waals surface area contributed by atoms with Crippen LogP contribution in [0.5, 0.6) is 0 Å². The van der Waals surface area contributed by atoms with Crippen molar-refractivity contribution in [2.45, 2.75) is 46.1 Å². The number of hydrogen-bond donors (Lipinski definition) is 1. The quantitative estimate of drug-likeness (QED) is 0.606. The monoisotopic (exact) mass is 398 g/mol. The molecule has 3 amide bonds. The summed E-state index contributed by atoms with van der Waals surface area (Å²) >= 11 is 0. The molecule has 1 N–H and O–H groups in total. The van der Waals surface area contributed by atoms with Crippen molar-refractivity contribution >= 4 is 29.4 Å². The van der Waals surface area contributed by atoms with E-state index in [4.69, 9.17) is 4.74 Å². The van der Waals surface area contributed by atoms with Crippen molar-refractivity contribution in [3.63, 3.8) is 0 Å². The molecule has 7 heteroatoms. The van der Waals surface area contributed by atoms with Crippen LogP contribution in [0.25, 0.3) is 0 Å². The lowest BCUT2D eigenvalue weighted by Crippen LogP contribution is -2.45. The molecule has 0 aromatic heterocycles. The third-order valence-corrected chi connectivity index (χ3v) is 6.83. The Labute approximate surface area is 169 Å². The van der Waals surface area contributed by atoms with E-state index in [9.17, 15) is 19.2 Å². The number of rotatable bonds is 5. The average molecular weight is 398 g/mol. The molecule has 7 nitrogen and oxygen atoms in total. The SMILES string of the molecule is Cc1ccc(NC(=O)COC(=O)[C@@H](C)N2C(=O)[C@H]3[C@@H]4CC[C@@H](C4)[C@@H]3C2=O)cc1C. The molecule has 3 fully saturated rings. The van der Waals surface area contributed by atoms with Crippen LogP contribution >= 0.6 is 0 Å². The first kappa shape index (κ1) is 19.6. The minimum atomic E-state index is -1.02. The van der Waals surface area contributed by atoms with Crippen LogP contribution in [0.1, 0.15) is 37.3 Å². The van der Waals surface area contributed by atoms with Crippen LogP contribution in [0.4, 0.5) is 5.69 Å².